The maximum atomic E-state index is 13.1. The molecular weight excluding hydrogens is 464 g/mol. The van der Waals surface area contributed by atoms with Gasteiger partial charge in [-0.3, -0.25) is 9.69 Å². The zero-order valence-electron chi connectivity index (χ0n) is 26.3. The fraction of sp³-hybridized carbons (Fsp3) is 0.971. The van der Waals surface area contributed by atoms with Gasteiger partial charge in [-0.25, -0.2) is 0 Å². The average molecular weight is 533 g/mol. The molecule has 3 heteroatoms. The minimum absolute atomic E-state index is 0.129. The van der Waals surface area contributed by atoms with E-state index in [1.807, 2.05) is 0 Å². The fourth-order valence-electron chi connectivity index (χ4n) is 6.97. The number of carbonyl (C=O) groups excluding carboxylic acids is 1. The molecule has 1 N–H and O–H groups in total. The van der Waals surface area contributed by atoms with Crippen LogP contribution in [0.3, 0.4) is 0 Å². The van der Waals surface area contributed by atoms with E-state index in [2.05, 4.69) is 31.0 Å². The van der Waals surface area contributed by atoms with Crippen molar-refractivity contribution in [2.45, 2.75) is 193 Å². The quantitative estimate of drug-likeness (QED) is 0.112. The summed E-state index contributed by atoms with van der Waals surface area (Å²) < 4.78 is 0. The molecule has 2 rings (SSSR count). The maximum absolute atomic E-state index is 13.1. The molecule has 0 bridgehead atoms. The molecule has 0 aromatic carbocycles. The summed E-state index contributed by atoms with van der Waals surface area (Å²) in [7, 11) is 0. The largest absolute Gasteiger partial charge is 0.352 e. The number of carbonyl (C=O) groups is 1. The summed E-state index contributed by atoms with van der Waals surface area (Å²) in [5.74, 6) is 2.48. The summed E-state index contributed by atoms with van der Waals surface area (Å²) in [6.07, 6.45) is 34.2. The molecule has 1 heterocycles. The van der Waals surface area contributed by atoms with Crippen molar-refractivity contribution in [3.63, 3.8) is 0 Å². The van der Waals surface area contributed by atoms with Crippen LogP contribution in [-0.4, -0.2) is 36.0 Å². The molecule has 0 radical (unpaired) electrons. The van der Waals surface area contributed by atoms with Crippen LogP contribution in [0, 0.1) is 11.8 Å². The predicted molar refractivity (Wildman–Crippen MR) is 167 cm³/mol. The molecule has 2 fully saturated rings. The van der Waals surface area contributed by atoms with Crippen molar-refractivity contribution >= 4 is 5.91 Å². The summed E-state index contributed by atoms with van der Waals surface area (Å²) in [5.41, 5.74) is 0. The Kier molecular flexibility index (Phi) is 19.6. The molecule has 0 spiro atoms. The van der Waals surface area contributed by atoms with Gasteiger partial charge >= 0.3 is 0 Å². The highest BCUT2D eigenvalue weighted by molar-refractivity contribution is 5.82. The summed E-state index contributed by atoms with van der Waals surface area (Å²) in [6.45, 7) is 8.89. The summed E-state index contributed by atoms with van der Waals surface area (Å²) in [5, 5.41) is 3.51. The third-order valence-electron chi connectivity index (χ3n) is 9.70. The predicted octanol–water partition coefficient (Wildman–Crippen LogP) is 10.2. The van der Waals surface area contributed by atoms with E-state index in [0.29, 0.717) is 11.9 Å². The summed E-state index contributed by atoms with van der Waals surface area (Å²) >= 11 is 0. The highest BCUT2D eigenvalue weighted by atomic mass is 16.2. The van der Waals surface area contributed by atoms with E-state index in [1.165, 1.54) is 154 Å². The summed E-state index contributed by atoms with van der Waals surface area (Å²) in [4.78, 5) is 15.4. The number of unbranched alkanes of at least 4 members (excludes halogenated alkanes) is 15. The maximum Gasteiger partial charge on any atom is 0.237 e. The molecule has 4 atom stereocenters. The van der Waals surface area contributed by atoms with Gasteiger partial charge in [-0.1, -0.05) is 149 Å². The van der Waals surface area contributed by atoms with Crippen LogP contribution in [0.15, 0.2) is 0 Å². The van der Waals surface area contributed by atoms with Crippen molar-refractivity contribution in [2.24, 2.45) is 11.8 Å². The molecule has 1 amide bonds. The first-order valence-electron chi connectivity index (χ1n) is 17.7. The van der Waals surface area contributed by atoms with Gasteiger partial charge in [0.25, 0.3) is 0 Å². The van der Waals surface area contributed by atoms with Crippen molar-refractivity contribution in [1.82, 2.24) is 10.2 Å². The van der Waals surface area contributed by atoms with Crippen LogP contribution in [0.4, 0.5) is 0 Å². The van der Waals surface area contributed by atoms with E-state index >= 15 is 0 Å². The van der Waals surface area contributed by atoms with Gasteiger partial charge in [0.15, 0.2) is 0 Å². The zero-order chi connectivity index (χ0) is 27.3. The number of rotatable bonds is 26. The Bertz CT molecular complexity index is 564. The smallest absolute Gasteiger partial charge is 0.237 e. The van der Waals surface area contributed by atoms with Gasteiger partial charge in [-0.2, -0.15) is 0 Å². The Morgan fingerprint density at radius 1 is 0.684 bits per heavy atom. The second kappa shape index (κ2) is 22.2. The topological polar surface area (TPSA) is 32.3 Å². The van der Waals surface area contributed by atoms with Gasteiger partial charge in [-0.05, 0) is 57.0 Å². The van der Waals surface area contributed by atoms with E-state index in [-0.39, 0.29) is 6.04 Å². The first kappa shape index (κ1) is 33.6. The van der Waals surface area contributed by atoms with Crippen LogP contribution in [0.25, 0.3) is 0 Å². The molecule has 1 aliphatic heterocycles. The van der Waals surface area contributed by atoms with E-state index < -0.39 is 0 Å². The lowest BCUT2D eigenvalue weighted by Crippen LogP contribution is -2.46. The fourth-order valence-corrected chi connectivity index (χ4v) is 6.97. The lowest BCUT2D eigenvalue weighted by atomic mass is 9.99. The lowest BCUT2D eigenvalue weighted by molar-refractivity contribution is -0.126. The normalized spacial score (nSPS) is 22.1. The van der Waals surface area contributed by atoms with E-state index in [9.17, 15) is 4.79 Å². The minimum Gasteiger partial charge on any atom is -0.352 e. The van der Waals surface area contributed by atoms with Crippen LogP contribution in [0.2, 0.25) is 0 Å². The first-order chi connectivity index (χ1) is 18.7. The Morgan fingerprint density at radius 3 is 1.66 bits per heavy atom. The number of amides is 1. The Labute approximate surface area is 239 Å². The van der Waals surface area contributed by atoms with E-state index in [1.54, 1.807) is 0 Å². The molecule has 0 aromatic heterocycles. The number of hydrogen-bond acceptors (Lipinski definition) is 2. The second-order valence-corrected chi connectivity index (χ2v) is 13.1. The van der Waals surface area contributed by atoms with Gasteiger partial charge in [0.05, 0.1) is 6.04 Å². The average Bonchev–Trinajstić information content (AvgIpc) is 3.48. The van der Waals surface area contributed by atoms with Crippen LogP contribution in [0.1, 0.15) is 181 Å². The molecule has 2 aliphatic rings. The van der Waals surface area contributed by atoms with E-state index in [0.717, 1.165) is 31.3 Å². The molecule has 224 valence electrons. The summed E-state index contributed by atoms with van der Waals surface area (Å²) in [6, 6.07) is 0.524. The van der Waals surface area contributed by atoms with Gasteiger partial charge in [0.1, 0.15) is 0 Å². The highest BCUT2D eigenvalue weighted by Crippen LogP contribution is 2.45. The molecule has 3 nitrogen and oxygen atoms in total. The lowest BCUT2D eigenvalue weighted by Gasteiger charge is -2.26. The number of nitrogens with zero attached hydrogens (tertiary/aromatic N) is 1. The third-order valence-corrected chi connectivity index (χ3v) is 9.70. The van der Waals surface area contributed by atoms with Crippen LogP contribution in [0.5, 0.6) is 0 Å². The molecule has 1 saturated heterocycles. The first-order valence-corrected chi connectivity index (χ1v) is 17.7. The monoisotopic (exact) mass is 533 g/mol. The van der Waals surface area contributed by atoms with Crippen molar-refractivity contribution in [2.75, 3.05) is 13.1 Å². The third kappa shape index (κ3) is 15.3. The van der Waals surface area contributed by atoms with Crippen LogP contribution < -0.4 is 5.32 Å². The van der Waals surface area contributed by atoms with Crippen molar-refractivity contribution in [3.05, 3.63) is 0 Å². The van der Waals surface area contributed by atoms with Crippen LogP contribution in [-0.2, 0) is 4.79 Å². The minimum atomic E-state index is 0.129. The van der Waals surface area contributed by atoms with Crippen molar-refractivity contribution in [3.8, 4) is 0 Å². The number of likely N-dealkylation sites (N-methyl/N-ethyl adjacent to an activating group) is 1. The second-order valence-electron chi connectivity index (χ2n) is 13.1. The molecule has 0 unspecified atom stereocenters. The van der Waals surface area contributed by atoms with Gasteiger partial charge in [0, 0.05) is 6.04 Å². The van der Waals surface area contributed by atoms with Crippen molar-refractivity contribution in [1.29, 1.82) is 0 Å². The number of hydrogen-bond donors (Lipinski definition) is 1. The number of nitrogens with one attached hydrogen (secondary N) is 1. The SMILES string of the molecule is CCCCCCCCC[C@H](CCCCCCC[C@@H]1C[C@@H]1CCCCCCCC)NC(=O)[C@@H]1CCCN1CC. The van der Waals surface area contributed by atoms with Gasteiger partial charge in [-0.15, -0.1) is 0 Å². The Balaban J connectivity index is 1.54. The number of likely N-dealkylation sites (tertiary alicyclic amines) is 1. The van der Waals surface area contributed by atoms with Gasteiger partial charge < -0.3 is 5.32 Å². The van der Waals surface area contributed by atoms with Crippen molar-refractivity contribution < 1.29 is 4.79 Å². The highest BCUT2D eigenvalue weighted by Gasteiger charge is 2.35. The Hall–Kier alpha value is -0.570. The zero-order valence-corrected chi connectivity index (χ0v) is 26.3. The van der Waals surface area contributed by atoms with E-state index in [4.69, 9.17) is 0 Å². The Morgan fingerprint density at radius 2 is 1.16 bits per heavy atom. The van der Waals surface area contributed by atoms with Crippen LogP contribution >= 0.6 is 0 Å². The molecule has 1 saturated carbocycles. The molecule has 38 heavy (non-hydrogen) atoms. The molecular formula is C35H68N2O. The molecule has 0 aromatic rings. The molecule has 1 aliphatic carbocycles. The van der Waals surface area contributed by atoms with Gasteiger partial charge in [0.2, 0.25) is 5.91 Å². The standard InChI is InChI=1S/C35H68N2O/c1-4-7-9-11-13-17-21-26-33(36-35(38)34-28-23-29-37(34)6-3)27-22-18-14-16-20-25-32-30-31(32)24-19-15-12-10-8-5-2/h31-34H,4-30H2,1-3H3,(H,36,38)/t31-,32+,33+,34-/m0/s1.